The lowest BCUT2D eigenvalue weighted by Gasteiger charge is -2.15. The van der Waals surface area contributed by atoms with Gasteiger partial charge in [0.05, 0.1) is 16.1 Å². The van der Waals surface area contributed by atoms with Crippen molar-refractivity contribution in [2.75, 3.05) is 18.4 Å². The maximum Gasteiger partial charge on any atom is 0.243 e. The van der Waals surface area contributed by atoms with Gasteiger partial charge in [0.15, 0.2) is 0 Å². The van der Waals surface area contributed by atoms with Gasteiger partial charge in [0.25, 0.3) is 0 Å². The van der Waals surface area contributed by atoms with Gasteiger partial charge < -0.3 is 5.32 Å². The molecule has 1 saturated heterocycles. The molecule has 2 aromatic carbocycles. The number of nitrogens with zero attached hydrogens (tertiary/aromatic N) is 2. The number of aryl methyl sites for hydroxylation is 1. The Morgan fingerprint density at radius 3 is 2.48 bits per heavy atom. The number of para-hydroxylation sites is 1. The number of pyridine rings is 1. The van der Waals surface area contributed by atoms with E-state index in [1.807, 2.05) is 30.3 Å². The number of carbonyl (C=O) groups is 1. The first-order chi connectivity index (χ1) is 14.0. The van der Waals surface area contributed by atoms with Crippen LogP contribution in [0.5, 0.6) is 0 Å². The van der Waals surface area contributed by atoms with E-state index < -0.39 is 10.0 Å². The fourth-order valence-electron chi connectivity index (χ4n) is 3.58. The molecule has 0 radical (unpaired) electrons. The van der Waals surface area contributed by atoms with E-state index in [0.29, 0.717) is 36.5 Å². The predicted octanol–water partition coefficient (Wildman–Crippen LogP) is 3.59. The molecule has 1 aliphatic heterocycles. The highest BCUT2D eigenvalue weighted by Gasteiger charge is 2.26. The molecular formula is C22H23N3O3S. The van der Waals surface area contributed by atoms with E-state index in [4.69, 9.17) is 0 Å². The third kappa shape index (κ3) is 4.31. The van der Waals surface area contributed by atoms with Crippen molar-refractivity contribution in [3.05, 3.63) is 66.4 Å². The van der Waals surface area contributed by atoms with E-state index in [-0.39, 0.29) is 5.91 Å². The molecule has 1 amide bonds. The summed E-state index contributed by atoms with van der Waals surface area (Å²) in [6.07, 6.45) is 4.38. The SMILES string of the molecule is O=C(CCc1ccc(S(=O)(=O)N2CCCC2)cc1)Nc1cccc2cccnc12. The van der Waals surface area contributed by atoms with Gasteiger partial charge in [0.2, 0.25) is 15.9 Å². The van der Waals surface area contributed by atoms with Crippen LogP contribution in [0.1, 0.15) is 24.8 Å². The Morgan fingerprint density at radius 1 is 1.00 bits per heavy atom. The van der Waals surface area contributed by atoms with Crippen LogP contribution in [0.3, 0.4) is 0 Å². The number of hydrogen-bond donors (Lipinski definition) is 1. The lowest BCUT2D eigenvalue weighted by molar-refractivity contribution is -0.116. The zero-order valence-electron chi connectivity index (χ0n) is 16.0. The van der Waals surface area contributed by atoms with Gasteiger partial charge in [-0.15, -0.1) is 0 Å². The van der Waals surface area contributed by atoms with Gasteiger partial charge in [-0.2, -0.15) is 4.31 Å². The van der Waals surface area contributed by atoms with Gasteiger partial charge in [-0.05, 0) is 49.1 Å². The van der Waals surface area contributed by atoms with Gasteiger partial charge in [-0.25, -0.2) is 8.42 Å². The Balaban J connectivity index is 1.38. The number of benzene rings is 2. The van der Waals surface area contributed by atoms with Crippen molar-refractivity contribution in [1.82, 2.24) is 9.29 Å². The Hall–Kier alpha value is -2.77. The standard InChI is InChI=1S/C22H23N3O3S/c26-21(24-20-7-3-5-18-6-4-14-23-22(18)20)13-10-17-8-11-19(12-9-17)29(27,28)25-15-1-2-16-25/h3-9,11-12,14H,1-2,10,13,15-16H2,(H,24,26). The van der Waals surface area contributed by atoms with E-state index >= 15 is 0 Å². The zero-order valence-corrected chi connectivity index (χ0v) is 16.9. The van der Waals surface area contributed by atoms with Crippen LogP contribution in [0.4, 0.5) is 5.69 Å². The minimum atomic E-state index is -3.40. The van der Waals surface area contributed by atoms with Crippen LogP contribution in [0, 0.1) is 0 Å². The Labute approximate surface area is 170 Å². The van der Waals surface area contributed by atoms with Crippen molar-refractivity contribution in [3.63, 3.8) is 0 Å². The predicted molar refractivity (Wildman–Crippen MR) is 113 cm³/mol. The maximum atomic E-state index is 12.6. The number of amides is 1. The highest BCUT2D eigenvalue weighted by atomic mass is 32.2. The van der Waals surface area contributed by atoms with Crippen LogP contribution in [-0.4, -0.2) is 36.7 Å². The number of fused-ring (bicyclic) bond motifs is 1. The zero-order chi connectivity index (χ0) is 20.3. The van der Waals surface area contributed by atoms with E-state index in [9.17, 15) is 13.2 Å². The molecule has 3 aromatic rings. The van der Waals surface area contributed by atoms with Crippen LogP contribution in [0.2, 0.25) is 0 Å². The summed E-state index contributed by atoms with van der Waals surface area (Å²) in [5, 5.41) is 3.90. The molecule has 1 N–H and O–H groups in total. The molecule has 0 saturated carbocycles. The summed E-state index contributed by atoms with van der Waals surface area (Å²) >= 11 is 0. The lowest BCUT2D eigenvalue weighted by atomic mass is 10.1. The molecule has 29 heavy (non-hydrogen) atoms. The number of aromatic nitrogens is 1. The van der Waals surface area contributed by atoms with Crippen LogP contribution in [0.25, 0.3) is 10.9 Å². The highest BCUT2D eigenvalue weighted by molar-refractivity contribution is 7.89. The molecule has 0 atom stereocenters. The molecular weight excluding hydrogens is 386 g/mol. The Kier molecular flexibility index (Phi) is 5.60. The van der Waals surface area contributed by atoms with Crippen molar-refractivity contribution < 1.29 is 13.2 Å². The first-order valence-corrected chi connectivity index (χ1v) is 11.2. The molecule has 2 heterocycles. The van der Waals surface area contributed by atoms with Crippen LogP contribution in [-0.2, 0) is 21.2 Å². The minimum Gasteiger partial charge on any atom is -0.324 e. The second-order valence-electron chi connectivity index (χ2n) is 7.18. The highest BCUT2D eigenvalue weighted by Crippen LogP contribution is 2.22. The van der Waals surface area contributed by atoms with Crippen molar-refractivity contribution in [2.24, 2.45) is 0 Å². The average Bonchev–Trinajstić information content (AvgIpc) is 3.29. The van der Waals surface area contributed by atoms with Gasteiger partial charge >= 0.3 is 0 Å². The third-order valence-corrected chi connectivity index (χ3v) is 7.09. The second kappa shape index (κ2) is 8.31. The largest absolute Gasteiger partial charge is 0.324 e. The number of rotatable bonds is 6. The summed E-state index contributed by atoms with van der Waals surface area (Å²) < 4.78 is 26.7. The molecule has 6 nitrogen and oxygen atoms in total. The summed E-state index contributed by atoms with van der Waals surface area (Å²) in [5.41, 5.74) is 2.39. The van der Waals surface area contributed by atoms with Gasteiger partial charge in [-0.3, -0.25) is 9.78 Å². The van der Waals surface area contributed by atoms with Crippen LogP contribution < -0.4 is 5.32 Å². The Bertz CT molecular complexity index is 1120. The Morgan fingerprint density at radius 2 is 1.72 bits per heavy atom. The molecule has 0 spiro atoms. The molecule has 0 unspecified atom stereocenters. The van der Waals surface area contributed by atoms with E-state index in [1.54, 1.807) is 30.5 Å². The second-order valence-corrected chi connectivity index (χ2v) is 9.12. The normalized spacial score (nSPS) is 14.9. The minimum absolute atomic E-state index is 0.100. The molecule has 1 fully saturated rings. The molecule has 1 aromatic heterocycles. The van der Waals surface area contributed by atoms with Gasteiger partial charge in [0, 0.05) is 31.1 Å². The first-order valence-electron chi connectivity index (χ1n) is 9.77. The summed E-state index contributed by atoms with van der Waals surface area (Å²) in [6, 6.07) is 16.3. The lowest BCUT2D eigenvalue weighted by Crippen LogP contribution is -2.27. The molecule has 0 bridgehead atoms. The fourth-order valence-corrected chi connectivity index (χ4v) is 5.10. The van der Waals surface area contributed by atoms with E-state index in [2.05, 4.69) is 10.3 Å². The summed E-state index contributed by atoms with van der Waals surface area (Å²) in [6.45, 7) is 1.18. The monoisotopic (exact) mass is 409 g/mol. The van der Waals surface area contributed by atoms with Crippen molar-refractivity contribution >= 4 is 32.5 Å². The van der Waals surface area contributed by atoms with E-state index in [1.165, 1.54) is 4.31 Å². The topological polar surface area (TPSA) is 79.4 Å². The number of sulfonamides is 1. The molecule has 4 rings (SSSR count). The summed E-state index contributed by atoms with van der Waals surface area (Å²) in [4.78, 5) is 17.0. The smallest absolute Gasteiger partial charge is 0.243 e. The van der Waals surface area contributed by atoms with E-state index in [0.717, 1.165) is 29.3 Å². The summed E-state index contributed by atoms with van der Waals surface area (Å²) in [7, 11) is -3.40. The van der Waals surface area contributed by atoms with Crippen molar-refractivity contribution in [2.45, 2.75) is 30.6 Å². The van der Waals surface area contributed by atoms with Crippen LogP contribution >= 0.6 is 0 Å². The quantitative estimate of drug-likeness (QED) is 0.675. The maximum absolute atomic E-state index is 12.6. The summed E-state index contributed by atoms with van der Waals surface area (Å²) in [5.74, 6) is -0.100. The number of nitrogens with one attached hydrogen (secondary N) is 1. The number of carbonyl (C=O) groups excluding carboxylic acids is 1. The van der Waals surface area contributed by atoms with Gasteiger partial charge in [0.1, 0.15) is 0 Å². The third-order valence-electron chi connectivity index (χ3n) is 5.17. The fraction of sp³-hybridized carbons (Fsp3) is 0.273. The van der Waals surface area contributed by atoms with Crippen molar-refractivity contribution in [3.8, 4) is 0 Å². The number of hydrogen-bond acceptors (Lipinski definition) is 4. The van der Waals surface area contributed by atoms with Gasteiger partial charge in [-0.1, -0.05) is 30.3 Å². The number of anilines is 1. The molecule has 1 aliphatic rings. The average molecular weight is 410 g/mol. The first kappa shape index (κ1) is 19.5. The molecule has 0 aliphatic carbocycles. The van der Waals surface area contributed by atoms with Crippen molar-refractivity contribution in [1.29, 1.82) is 0 Å². The van der Waals surface area contributed by atoms with Crippen LogP contribution in [0.15, 0.2) is 65.7 Å². The molecule has 7 heteroatoms. The molecule has 150 valence electrons.